The maximum atomic E-state index is 10.2. The zero-order chi connectivity index (χ0) is 13.1. The van der Waals surface area contributed by atoms with Crippen LogP contribution in [0.1, 0.15) is 23.9 Å². The van der Waals surface area contributed by atoms with E-state index in [1.807, 2.05) is 17.0 Å². The van der Waals surface area contributed by atoms with Gasteiger partial charge in [-0.3, -0.25) is 4.68 Å². The van der Waals surface area contributed by atoms with Crippen molar-refractivity contribution < 1.29 is 5.11 Å². The first kappa shape index (κ1) is 13.8. The molecule has 0 fully saturated rings. The van der Waals surface area contributed by atoms with Gasteiger partial charge in [0.15, 0.2) is 0 Å². The maximum absolute atomic E-state index is 10.2. The summed E-state index contributed by atoms with van der Waals surface area (Å²) in [6, 6.07) is 2.06. The van der Waals surface area contributed by atoms with E-state index in [0.29, 0.717) is 12.8 Å². The molecular weight excluding hydrogens is 312 g/mol. The van der Waals surface area contributed by atoms with Crippen molar-refractivity contribution in [3.63, 3.8) is 0 Å². The average Bonchev–Trinajstić information content (AvgIpc) is 2.92. The Morgan fingerprint density at radius 2 is 2.28 bits per heavy atom. The molecule has 2 aromatic rings. The number of aliphatic hydroxyl groups is 1. The molecule has 18 heavy (non-hydrogen) atoms. The molecule has 0 spiro atoms. The highest BCUT2D eigenvalue weighted by Crippen LogP contribution is 2.23. The minimum Gasteiger partial charge on any atom is -0.392 e. The van der Waals surface area contributed by atoms with Crippen molar-refractivity contribution in [3.05, 3.63) is 38.3 Å². The Morgan fingerprint density at radius 3 is 2.89 bits per heavy atom. The minimum atomic E-state index is -0.364. The number of aromatic nitrogens is 2. The van der Waals surface area contributed by atoms with Crippen LogP contribution in [-0.2, 0) is 19.4 Å². The van der Waals surface area contributed by atoms with E-state index >= 15 is 0 Å². The van der Waals surface area contributed by atoms with Crippen molar-refractivity contribution >= 4 is 27.3 Å². The molecule has 0 amide bonds. The number of hydrogen-bond acceptors (Lipinski definition) is 3. The molecule has 0 aromatic carbocycles. The summed E-state index contributed by atoms with van der Waals surface area (Å²) in [6.45, 7) is 4.87. The molecule has 98 valence electrons. The first-order valence-electron chi connectivity index (χ1n) is 6.02. The van der Waals surface area contributed by atoms with Crippen LogP contribution in [0.2, 0.25) is 0 Å². The van der Waals surface area contributed by atoms with Gasteiger partial charge in [0, 0.05) is 13.0 Å². The Bertz CT molecular complexity index is 507. The predicted molar refractivity (Wildman–Crippen MR) is 78.1 cm³/mol. The van der Waals surface area contributed by atoms with Crippen LogP contribution in [0.3, 0.4) is 0 Å². The third kappa shape index (κ3) is 3.02. The van der Waals surface area contributed by atoms with Crippen LogP contribution >= 0.6 is 27.3 Å². The second kappa shape index (κ2) is 5.99. The number of halogens is 1. The smallest absolute Gasteiger partial charge is 0.0738 e. The van der Waals surface area contributed by atoms with Gasteiger partial charge < -0.3 is 5.11 Å². The fourth-order valence-corrected chi connectivity index (χ4v) is 3.17. The molecule has 3 nitrogen and oxygen atoms in total. The number of hydrogen-bond donors (Lipinski definition) is 1. The predicted octanol–water partition coefficient (Wildman–Crippen LogP) is 3.18. The van der Waals surface area contributed by atoms with E-state index < -0.39 is 0 Å². The summed E-state index contributed by atoms with van der Waals surface area (Å²) < 4.78 is 2.98. The summed E-state index contributed by atoms with van der Waals surface area (Å²) in [6.07, 6.45) is 0.965. The molecule has 0 aliphatic carbocycles. The molecule has 0 saturated heterocycles. The fraction of sp³-hybridized carbons (Fsp3) is 0.462. The Kier molecular flexibility index (Phi) is 4.59. The Labute approximate surface area is 120 Å². The zero-order valence-electron chi connectivity index (χ0n) is 10.6. The summed E-state index contributed by atoms with van der Waals surface area (Å²) in [5.41, 5.74) is 3.26. The van der Waals surface area contributed by atoms with E-state index in [4.69, 9.17) is 0 Å². The van der Waals surface area contributed by atoms with Gasteiger partial charge in [-0.1, -0.05) is 0 Å². The number of aryl methyl sites for hydroxylation is 2. The third-order valence-electron chi connectivity index (χ3n) is 2.93. The lowest BCUT2D eigenvalue weighted by Crippen LogP contribution is -2.17. The lowest BCUT2D eigenvalue weighted by atomic mass is 10.1. The highest BCUT2D eigenvalue weighted by Gasteiger charge is 2.16. The normalized spacial score (nSPS) is 12.9. The minimum absolute atomic E-state index is 0.364. The average molecular weight is 329 g/mol. The molecule has 2 aromatic heterocycles. The lowest BCUT2D eigenvalue weighted by Gasteiger charge is -2.11. The fourth-order valence-electron chi connectivity index (χ4n) is 2.04. The van der Waals surface area contributed by atoms with Gasteiger partial charge in [0.25, 0.3) is 0 Å². The van der Waals surface area contributed by atoms with Crippen LogP contribution in [0.5, 0.6) is 0 Å². The van der Waals surface area contributed by atoms with Gasteiger partial charge >= 0.3 is 0 Å². The van der Waals surface area contributed by atoms with Crippen LogP contribution in [-0.4, -0.2) is 21.0 Å². The molecule has 1 unspecified atom stereocenters. The summed E-state index contributed by atoms with van der Waals surface area (Å²) in [4.78, 5) is 0. The maximum Gasteiger partial charge on any atom is 0.0738 e. The van der Waals surface area contributed by atoms with Crippen LogP contribution < -0.4 is 0 Å². The van der Waals surface area contributed by atoms with Gasteiger partial charge in [0.05, 0.1) is 22.0 Å². The quantitative estimate of drug-likeness (QED) is 0.915. The van der Waals surface area contributed by atoms with E-state index in [2.05, 4.69) is 39.4 Å². The topological polar surface area (TPSA) is 38.0 Å². The zero-order valence-corrected chi connectivity index (χ0v) is 13.0. The molecule has 0 aliphatic heterocycles. The Morgan fingerprint density at radius 1 is 1.50 bits per heavy atom. The number of thiophene rings is 1. The van der Waals surface area contributed by atoms with E-state index in [1.54, 1.807) is 11.3 Å². The van der Waals surface area contributed by atoms with Gasteiger partial charge in [0.1, 0.15) is 0 Å². The first-order chi connectivity index (χ1) is 8.61. The number of rotatable bonds is 5. The lowest BCUT2D eigenvalue weighted by molar-refractivity contribution is 0.172. The van der Waals surface area contributed by atoms with E-state index in [-0.39, 0.29) is 6.10 Å². The molecule has 1 atom stereocenters. The van der Waals surface area contributed by atoms with Crippen molar-refractivity contribution in [1.29, 1.82) is 0 Å². The highest BCUT2D eigenvalue weighted by molar-refractivity contribution is 9.10. The molecule has 2 rings (SSSR count). The second-order valence-electron chi connectivity index (χ2n) is 4.36. The SMILES string of the molecule is CCn1nc(C)c(Br)c1CC(O)Cc1ccsc1. The van der Waals surface area contributed by atoms with Gasteiger partial charge in [0.2, 0.25) is 0 Å². The van der Waals surface area contributed by atoms with E-state index in [9.17, 15) is 5.11 Å². The van der Waals surface area contributed by atoms with Crippen LogP contribution in [0.25, 0.3) is 0 Å². The highest BCUT2D eigenvalue weighted by atomic mass is 79.9. The molecule has 0 saturated carbocycles. The van der Waals surface area contributed by atoms with Crippen molar-refractivity contribution in [3.8, 4) is 0 Å². The molecule has 0 bridgehead atoms. The van der Waals surface area contributed by atoms with Crippen LogP contribution in [0.15, 0.2) is 21.3 Å². The van der Waals surface area contributed by atoms with Gasteiger partial charge in [-0.15, -0.1) is 0 Å². The van der Waals surface area contributed by atoms with Crippen molar-refractivity contribution in [2.24, 2.45) is 0 Å². The monoisotopic (exact) mass is 328 g/mol. The number of nitrogens with zero attached hydrogens (tertiary/aromatic N) is 2. The molecule has 0 aliphatic rings. The van der Waals surface area contributed by atoms with Crippen LogP contribution in [0.4, 0.5) is 0 Å². The van der Waals surface area contributed by atoms with Crippen LogP contribution in [0, 0.1) is 6.92 Å². The van der Waals surface area contributed by atoms with Crippen molar-refractivity contribution in [2.75, 3.05) is 0 Å². The van der Waals surface area contributed by atoms with Gasteiger partial charge in [-0.25, -0.2) is 0 Å². The van der Waals surface area contributed by atoms with Crippen molar-refractivity contribution in [1.82, 2.24) is 9.78 Å². The first-order valence-corrected chi connectivity index (χ1v) is 7.76. The molecule has 0 radical (unpaired) electrons. The number of aliphatic hydroxyl groups excluding tert-OH is 1. The Balaban J connectivity index is 2.09. The summed E-state index contributed by atoms with van der Waals surface area (Å²) in [5, 5.41) is 18.7. The largest absolute Gasteiger partial charge is 0.392 e. The third-order valence-corrected chi connectivity index (χ3v) is 4.70. The molecule has 1 N–H and O–H groups in total. The molecular formula is C13H17BrN2OS. The molecule has 5 heteroatoms. The van der Waals surface area contributed by atoms with Gasteiger partial charge in [-0.2, -0.15) is 16.4 Å². The van der Waals surface area contributed by atoms with E-state index in [0.717, 1.165) is 22.4 Å². The Hall–Kier alpha value is -0.650. The van der Waals surface area contributed by atoms with E-state index in [1.165, 1.54) is 5.56 Å². The summed E-state index contributed by atoms with van der Waals surface area (Å²) in [7, 11) is 0. The molecule has 2 heterocycles. The second-order valence-corrected chi connectivity index (χ2v) is 5.93. The van der Waals surface area contributed by atoms with Crippen molar-refractivity contribution in [2.45, 2.75) is 39.3 Å². The summed E-state index contributed by atoms with van der Waals surface area (Å²) >= 11 is 5.22. The van der Waals surface area contributed by atoms with Gasteiger partial charge in [-0.05, 0) is 58.6 Å². The summed E-state index contributed by atoms with van der Waals surface area (Å²) in [5.74, 6) is 0. The standard InChI is InChI=1S/C13H17BrN2OS/c1-3-16-12(13(14)9(2)15-16)7-11(17)6-10-4-5-18-8-10/h4-5,8,11,17H,3,6-7H2,1-2H3.